The summed E-state index contributed by atoms with van der Waals surface area (Å²) < 4.78 is 10.2. The topological polar surface area (TPSA) is 35.5 Å². The Bertz CT molecular complexity index is 269. The van der Waals surface area contributed by atoms with Crippen LogP contribution in [-0.4, -0.2) is 18.9 Å². The largest absolute Gasteiger partial charge is 0.508 e. The van der Waals surface area contributed by atoms with Crippen molar-refractivity contribution in [3.8, 4) is 0 Å². The van der Waals surface area contributed by atoms with Crippen molar-refractivity contribution in [2.24, 2.45) is 17.8 Å². The zero-order valence-electron chi connectivity index (χ0n) is 11.2. The minimum absolute atomic E-state index is 0.249. The second-order valence-electron chi connectivity index (χ2n) is 6.05. The lowest BCUT2D eigenvalue weighted by Gasteiger charge is -2.47. The van der Waals surface area contributed by atoms with Crippen LogP contribution in [0.3, 0.4) is 0 Å². The second-order valence-corrected chi connectivity index (χ2v) is 6.05. The number of hydrogen-bond acceptors (Lipinski definition) is 3. The summed E-state index contributed by atoms with van der Waals surface area (Å²) in [6.07, 6.45) is 6.37. The Hall–Kier alpha value is -0.730. The van der Waals surface area contributed by atoms with Gasteiger partial charge >= 0.3 is 6.16 Å². The number of carbonyl (C=O) groups is 1. The van der Waals surface area contributed by atoms with Gasteiger partial charge in [0.2, 0.25) is 0 Å². The highest BCUT2D eigenvalue weighted by atomic mass is 16.7. The van der Waals surface area contributed by atoms with Crippen molar-refractivity contribution in [2.45, 2.75) is 58.0 Å². The van der Waals surface area contributed by atoms with Gasteiger partial charge in [-0.05, 0) is 56.3 Å². The third kappa shape index (κ3) is 2.75. The van der Waals surface area contributed by atoms with E-state index in [4.69, 9.17) is 4.74 Å². The SMILES string of the molecule is CCC1(OC(=O)OC)CC2CC(C)CC(C2)C1. The van der Waals surface area contributed by atoms with Gasteiger partial charge in [0.1, 0.15) is 5.60 Å². The van der Waals surface area contributed by atoms with E-state index >= 15 is 0 Å². The van der Waals surface area contributed by atoms with Crippen molar-refractivity contribution in [3.05, 3.63) is 0 Å². The molecule has 2 atom stereocenters. The third-order valence-electron chi connectivity index (χ3n) is 4.57. The lowest BCUT2D eigenvalue weighted by Crippen LogP contribution is -2.45. The molecule has 2 saturated carbocycles. The van der Waals surface area contributed by atoms with Crippen LogP contribution in [0.1, 0.15) is 52.4 Å². The van der Waals surface area contributed by atoms with Crippen molar-refractivity contribution in [1.82, 2.24) is 0 Å². The summed E-state index contributed by atoms with van der Waals surface area (Å²) in [5.41, 5.74) is -0.249. The molecule has 2 bridgehead atoms. The van der Waals surface area contributed by atoms with E-state index in [0.29, 0.717) is 0 Å². The smallest absolute Gasteiger partial charge is 0.438 e. The molecule has 0 heterocycles. The Morgan fingerprint density at radius 3 is 2.29 bits per heavy atom. The van der Waals surface area contributed by atoms with Crippen LogP contribution < -0.4 is 0 Å². The average molecular weight is 240 g/mol. The molecule has 17 heavy (non-hydrogen) atoms. The van der Waals surface area contributed by atoms with Crippen LogP contribution in [0.25, 0.3) is 0 Å². The number of fused-ring (bicyclic) bond motifs is 2. The van der Waals surface area contributed by atoms with Gasteiger partial charge < -0.3 is 9.47 Å². The Kier molecular flexibility index (Phi) is 3.64. The summed E-state index contributed by atoms with van der Waals surface area (Å²) in [5.74, 6) is 2.32. The molecule has 2 fully saturated rings. The standard InChI is InChI=1S/C14H24O3/c1-4-14(17-13(15)16-3)8-11-5-10(2)6-12(7-11)9-14/h10-12H,4-9H2,1-3H3. The van der Waals surface area contributed by atoms with Gasteiger partial charge in [-0.1, -0.05) is 13.8 Å². The van der Waals surface area contributed by atoms with E-state index in [2.05, 4.69) is 18.6 Å². The molecule has 0 aliphatic heterocycles. The maximum absolute atomic E-state index is 11.4. The van der Waals surface area contributed by atoms with Gasteiger partial charge in [-0.25, -0.2) is 4.79 Å². The fraction of sp³-hybridized carbons (Fsp3) is 0.929. The van der Waals surface area contributed by atoms with E-state index in [9.17, 15) is 4.79 Å². The van der Waals surface area contributed by atoms with Crippen LogP contribution in [0.2, 0.25) is 0 Å². The van der Waals surface area contributed by atoms with E-state index < -0.39 is 6.16 Å². The second kappa shape index (κ2) is 4.87. The summed E-state index contributed by atoms with van der Waals surface area (Å²) >= 11 is 0. The van der Waals surface area contributed by atoms with Crippen molar-refractivity contribution in [1.29, 1.82) is 0 Å². The van der Waals surface area contributed by atoms with E-state index in [-0.39, 0.29) is 5.60 Å². The zero-order chi connectivity index (χ0) is 12.5. The normalized spacial score (nSPS) is 40.8. The van der Waals surface area contributed by atoms with E-state index in [1.807, 2.05) is 0 Å². The number of hydrogen-bond donors (Lipinski definition) is 0. The first kappa shape index (κ1) is 12.7. The van der Waals surface area contributed by atoms with Crippen molar-refractivity contribution in [3.63, 3.8) is 0 Å². The highest BCUT2D eigenvalue weighted by Gasteiger charge is 2.45. The summed E-state index contributed by atoms with van der Waals surface area (Å²) in [4.78, 5) is 11.4. The minimum Gasteiger partial charge on any atom is -0.438 e. The van der Waals surface area contributed by atoms with Gasteiger partial charge in [-0.15, -0.1) is 0 Å². The Morgan fingerprint density at radius 2 is 1.82 bits per heavy atom. The summed E-state index contributed by atoms with van der Waals surface area (Å²) in [6.45, 7) is 4.46. The first-order valence-electron chi connectivity index (χ1n) is 6.84. The molecule has 0 amide bonds. The van der Waals surface area contributed by atoms with Crippen molar-refractivity contribution < 1.29 is 14.3 Å². The first-order valence-corrected chi connectivity index (χ1v) is 6.84. The van der Waals surface area contributed by atoms with Crippen LogP contribution in [0.15, 0.2) is 0 Å². The lowest BCUT2D eigenvalue weighted by molar-refractivity contribution is -0.0898. The van der Waals surface area contributed by atoms with Crippen molar-refractivity contribution >= 4 is 6.16 Å². The molecule has 0 aromatic heterocycles. The number of methoxy groups -OCH3 is 1. The molecule has 2 aliphatic rings. The van der Waals surface area contributed by atoms with Crippen LogP contribution in [0.5, 0.6) is 0 Å². The maximum atomic E-state index is 11.4. The van der Waals surface area contributed by atoms with Crippen LogP contribution in [0.4, 0.5) is 4.79 Å². The molecular formula is C14H24O3. The fourth-order valence-corrected chi connectivity index (χ4v) is 4.03. The van der Waals surface area contributed by atoms with E-state index in [0.717, 1.165) is 37.0 Å². The first-order chi connectivity index (χ1) is 8.07. The fourth-order valence-electron chi connectivity index (χ4n) is 4.03. The molecule has 0 N–H and O–H groups in total. The van der Waals surface area contributed by atoms with E-state index in [1.165, 1.54) is 26.4 Å². The van der Waals surface area contributed by atoms with Crippen molar-refractivity contribution in [2.75, 3.05) is 7.11 Å². The Morgan fingerprint density at radius 1 is 1.24 bits per heavy atom. The van der Waals surface area contributed by atoms with Gasteiger partial charge in [0.05, 0.1) is 7.11 Å². The number of rotatable bonds is 2. The van der Waals surface area contributed by atoms with Crippen LogP contribution in [0, 0.1) is 17.8 Å². The van der Waals surface area contributed by atoms with Crippen LogP contribution in [-0.2, 0) is 9.47 Å². The summed E-state index contributed by atoms with van der Waals surface area (Å²) in [5, 5.41) is 0. The molecule has 2 rings (SSSR count). The summed E-state index contributed by atoms with van der Waals surface area (Å²) in [6, 6.07) is 0. The molecule has 0 spiro atoms. The molecule has 2 aliphatic carbocycles. The highest BCUT2D eigenvalue weighted by Crippen LogP contribution is 2.49. The number of ether oxygens (including phenoxy) is 2. The van der Waals surface area contributed by atoms with Gasteiger partial charge in [-0.2, -0.15) is 0 Å². The quantitative estimate of drug-likeness (QED) is 0.689. The Balaban J connectivity index is 2.06. The predicted octanol–water partition coefficient (Wildman–Crippen LogP) is 3.76. The molecule has 0 aromatic carbocycles. The zero-order valence-corrected chi connectivity index (χ0v) is 11.2. The lowest BCUT2D eigenvalue weighted by atomic mass is 9.62. The van der Waals surface area contributed by atoms with Gasteiger partial charge in [0.15, 0.2) is 0 Å². The average Bonchev–Trinajstić information content (AvgIpc) is 2.27. The molecule has 0 radical (unpaired) electrons. The molecule has 3 nitrogen and oxygen atoms in total. The van der Waals surface area contributed by atoms with Gasteiger partial charge in [0.25, 0.3) is 0 Å². The molecule has 2 unspecified atom stereocenters. The molecule has 0 aromatic rings. The molecule has 98 valence electrons. The molecular weight excluding hydrogens is 216 g/mol. The monoisotopic (exact) mass is 240 g/mol. The van der Waals surface area contributed by atoms with Gasteiger partial charge in [-0.3, -0.25) is 0 Å². The Labute approximate surface area is 104 Å². The van der Waals surface area contributed by atoms with Gasteiger partial charge in [0, 0.05) is 0 Å². The molecule has 3 heteroatoms. The summed E-state index contributed by atoms with van der Waals surface area (Å²) in [7, 11) is 1.39. The number of carbonyl (C=O) groups excluding carboxylic acids is 1. The maximum Gasteiger partial charge on any atom is 0.508 e. The van der Waals surface area contributed by atoms with E-state index in [1.54, 1.807) is 0 Å². The molecule has 0 saturated heterocycles. The minimum atomic E-state index is -0.514. The predicted molar refractivity (Wildman–Crippen MR) is 65.7 cm³/mol. The van der Waals surface area contributed by atoms with Crippen LogP contribution >= 0.6 is 0 Å². The highest BCUT2D eigenvalue weighted by molar-refractivity contribution is 5.60. The third-order valence-corrected chi connectivity index (χ3v) is 4.57.